The van der Waals surface area contributed by atoms with Crippen molar-refractivity contribution in [3.05, 3.63) is 71.8 Å². The number of carbonyl (C=O) groups is 3. The van der Waals surface area contributed by atoms with Crippen LogP contribution in [0.4, 0.5) is 0 Å². The first-order valence-electron chi connectivity index (χ1n) is 9.21. The van der Waals surface area contributed by atoms with Gasteiger partial charge < -0.3 is 18.9 Å². The topological polar surface area (TPSA) is 112 Å². The van der Waals surface area contributed by atoms with Crippen LogP contribution in [0.2, 0.25) is 0 Å². The number of nitrogens with zero attached hydrogens (tertiary/aromatic N) is 1. The van der Waals surface area contributed by atoms with Crippen LogP contribution in [0.5, 0.6) is 0 Å². The number of esters is 3. The minimum absolute atomic E-state index is 0.163. The standard InChI is InChI=1S/C22H19NO7/c1-14(24)27-22-19(30-21(26)16-10-6-3-7-11-16)18(17(28-22)12-13-23)29-20(25)15-8-4-2-5-9-15/h2-11,17-19,22H,12H2,1H3/t17-,18-,19-,22-/m1/s1. The monoisotopic (exact) mass is 409 g/mol. The van der Waals surface area contributed by atoms with E-state index in [4.69, 9.17) is 24.2 Å². The Morgan fingerprint density at radius 3 is 1.83 bits per heavy atom. The van der Waals surface area contributed by atoms with E-state index in [1.54, 1.807) is 60.7 Å². The van der Waals surface area contributed by atoms with Crippen LogP contribution in [0.3, 0.4) is 0 Å². The minimum Gasteiger partial charge on any atom is -0.452 e. The van der Waals surface area contributed by atoms with Gasteiger partial charge in [0.15, 0.2) is 6.10 Å². The molecule has 1 saturated heterocycles. The lowest BCUT2D eigenvalue weighted by molar-refractivity contribution is -0.185. The highest BCUT2D eigenvalue weighted by Gasteiger charge is 2.51. The van der Waals surface area contributed by atoms with E-state index < -0.39 is 42.5 Å². The largest absolute Gasteiger partial charge is 0.452 e. The Morgan fingerprint density at radius 2 is 1.37 bits per heavy atom. The summed E-state index contributed by atoms with van der Waals surface area (Å²) < 4.78 is 21.8. The maximum atomic E-state index is 12.6. The van der Waals surface area contributed by atoms with E-state index >= 15 is 0 Å². The smallest absolute Gasteiger partial charge is 0.338 e. The molecule has 2 aromatic carbocycles. The molecule has 0 N–H and O–H groups in total. The first-order valence-corrected chi connectivity index (χ1v) is 9.21. The van der Waals surface area contributed by atoms with Crippen LogP contribution in [0.25, 0.3) is 0 Å². The second-order valence-electron chi connectivity index (χ2n) is 6.49. The Balaban J connectivity index is 1.86. The highest BCUT2D eigenvalue weighted by atomic mass is 16.7. The summed E-state index contributed by atoms with van der Waals surface area (Å²) in [6.45, 7) is 1.17. The Hall–Kier alpha value is -3.70. The predicted octanol–water partition coefficient (Wildman–Crippen LogP) is 2.64. The van der Waals surface area contributed by atoms with Gasteiger partial charge in [0.25, 0.3) is 0 Å². The minimum atomic E-state index is -1.32. The van der Waals surface area contributed by atoms with E-state index in [1.165, 1.54) is 6.92 Å². The van der Waals surface area contributed by atoms with Crippen LogP contribution in [-0.4, -0.2) is 42.5 Å². The summed E-state index contributed by atoms with van der Waals surface area (Å²) in [5.74, 6) is -2.07. The molecule has 2 aromatic rings. The first-order chi connectivity index (χ1) is 14.5. The molecule has 8 nitrogen and oxygen atoms in total. The fourth-order valence-corrected chi connectivity index (χ4v) is 3.00. The van der Waals surface area contributed by atoms with Crippen LogP contribution < -0.4 is 0 Å². The van der Waals surface area contributed by atoms with E-state index in [-0.39, 0.29) is 17.5 Å². The van der Waals surface area contributed by atoms with Crippen LogP contribution in [-0.2, 0) is 23.7 Å². The number of nitriles is 1. The molecule has 0 unspecified atom stereocenters. The summed E-state index contributed by atoms with van der Waals surface area (Å²) in [7, 11) is 0. The van der Waals surface area contributed by atoms with Crippen LogP contribution in [0.15, 0.2) is 60.7 Å². The molecule has 4 atom stereocenters. The molecule has 0 saturated carbocycles. The number of carbonyl (C=O) groups excluding carboxylic acids is 3. The molecule has 0 radical (unpaired) electrons. The van der Waals surface area contributed by atoms with Crippen molar-refractivity contribution in [2.24, 2.45) is 0 Å². The van der Waals surface area contributed by atoms with Gasteiger partial charge in [-0.1, -0.05) is 36.4 Å². The van der Waals surface area contributed by atoms with Crippen molar-refractivity contribution in [1.29, 1.82) is 5.26 Å². The lowest BCUT2D eigenvalue weighted by Crippen LogP contribution is -2.41. The van der Waals surface area contributed by atoms with E-state index in [0.29, 0.717) is 0 Å². The maximum absolute atomic E-state index is 12.6. The number of hydrogen-bond donors (Lipinski definition) is 0. The third kappa shape index (κ3) is 5.01. The van der Waals surface area contributed by atoms with Crippen molar-refractivity contribution in [2.75, 3.05) is 0 Å². The molecule has 1 heterocycles. The molecule has 0 spiro atoms. The van der Waals surface area contributed by atoms with Crippen LogP contribution in [0.1, 0.15) is 34.1 Å². The zero-order valence-electron chi connectivity index (χ0n) is 16.1. The van der Waals surface area contributed by atoms with Crippen LogP contribution in [0, 0.1) is 11.3 Å². The van der Waals surface area contributed by atoms with Crippen molar-refractivity contribution in [3.63, 3.8) is 0 Å². The van der Waals surface area contributed by atoms with Gasteiger partial charge in [-0.05, 0) is 24.3 Å². The van der Waals surface area contributed by atoms with E-state index in [1.807, 2.05) is 6.07 Å². The molecule has 0 amide bonds. The summed E-state index contributed by atoms with van der Waals surface area (Å²) in [4.78, 5) is 36.6. The summed E-state index contributed by atoms with van der Waals surface area (Å²) in [6.07, 6.45) is -4.81. The summed E-state index contributed by atoms with van der Waals surface area (Å²) in [5.41, 5.74) is 0.535. The second-order valence-corrected chi connectivity index (χ2v) is 6.49. The Bertz CT molecular complexity index is 939. The fraction of sp³-hybridized carbons (Fsp3) is 0.273. The maximum Gasteiger partial charge on any atom is 0.338 e. The van der Waals surface area contributed by atoms with E-state index in [9.17, 15) is 14.4 Å². The quantitative estimate of drug-likeness (QED) is 0.529. The molecule has 0 aliphatic carbocycles. The fourth-order valence-electron chi connectivity index (χ4n) is 3.00. The molecule has 1 fully saturated rings. The van der Waals surface area contributed by atoms with Crippen molar-refractivity contribution < 1.29 is 33.3 Å². The van der Waals surface area contributed by atoms with Crippen molar-refractivity contribution in [1.82, 2.24) is 0 Å². The number of benzene rings is 2. The van der Waals surface area contributed by atoms with E-state index in [2.05, 4.69) is 0 Å². The summed E-state index contributed by atoms with van der Waals surface area (Å²) >= 11 is 0. The van der Waals surface area contributed by atoms with Gasteiger partial charge in [-0.25, -0.2) is 9.59 Å². The molecule has 1 aliphatic heterocycles. The average molecular weight is 409 g/mol. The van der Waals surface area contributed by atoms with Crippen molar-refractivity contribution in [3.8, 4) is 6.07 Å². The molecular weight excluding hydrogens is 390 g/mol. The van der Waals surface area contributed by atoms with Gasteiger partial charge in [0.05, 0.1) is 23.6 Å². The van der Waals surface area contributed by atoms with Crippen molar-refractivity contribution in [2.45, 2.75) is 37.9 Å². The molecule has 0 aromatic heterocycles. The number of rotatable bonds is 6. The zero-order chi connectivity index (χ0) is 21.5. The lowest BCUT2D eigenvalue weighted by atomic mass is 10.1. The SMILES string of the molecule is CC(=O)O[C@@H]1O[C@H](CC#N)[C@@H](OC(=O)c2ccccc2)[C@H]1OC(=O)c1ccccc1. The average Bonchev–Trinajstić information content (AvgIpc) is 3.04. The van der Waals surface area contributed by atoms with Crippen LogP contribution >= 0.6 is 0 Å². The lowest BCUT2D eigenvalue weighted by Gasteiger charge is -2.23. The summed E-state index contributed by atoms with van der Waals surface area (Å²) in [5, 5.41) is 9.12. The van der Waals surface area contributed by atoms with Gasteiger partial charge in [0, 0.05) is 6.92 Å². The Morgan fingerprint density at radius 1 is 0.867 bits per heavy atom. The van der Waals surface area contributed by atoms with Gasteiger partial charge in [0.1, 0.15) is 6.10 Å². The second kappa shape index (κ2) is 9.67. The summed E-state index contributed by atoms with van der Waals surface area (Å²) in [6, 6.07) is 18.3. The van der Waals surface area contributed by atoms with E-state index in [0.717, 1.165) is 0 Å². The highest BCUT2D eigenvalue weighted by Crippen LogP contribution is 2.31. The molecule has 0 bridgehead atoms. The third-order valence-corrected chi connectivity index (χ3v) is 4.35. The van der Waals surface area contributed by atoms with Gasteiger partial charge in [0.2, 0.25) is 12.4 Å². The Labute approximate surface area is 172 Å². The molecule has 1 aliphatic rings. The van der Waals surface area contributed by atoms with Gasteiger partial charge in [-0.2, -0.15) is 5.26 Å². The van der Waals surface area contributed by atoms with Gasteiger partial charge in [-0.15, -0.1) is 0 Å². The predicted molar refractivity (Wildman–Crippen MR) is 102 cm³/mol. The van der Waals surface area contributed by atoms with Crippen molar-refractivity contribution >= 4 is 17.9 Å². The highest BCUT2D eigenvalue weighted by molar-refractivity contribution is 5.90. The molecule has 30 heavy (non-hydrogen) atoms. The Kier molecular flexibility index (Phi) is 6.78. The normalized spacial score (nSPS) is 22.5. The molecule has 3 rings (SSSR count). The van der Waals surface area contributed by atoms with Gasteiger partial charge in [-0.3, -0.25) is 4.79 Å². The molecular formula is C22H19NO7. The third-order valence-electron chi connectivity index (χ3n) is 4.35. The molecule has 8 heteroatoms. The first kappa shape index (κ1) is 21.0. The number of hydrogen-bond acceptors (Lipinski definition) is 8. The zero-order valence-corrected chi connectivity index (χ0v) is 16.1. The molecule has 154 valence electrons. The number of ether oxygens (including phenoxy) is 4. The van der Waals surface area contributed by atoms with Gasteiger partial charge >= 0.3 is 17.9 Å².